The van der Waals surface area contributed by atoms with Crippen molar-refractivity contribution in [3.8, 4) is 11.5 Å². The lowest BCUT2D eigenvalue weighted by Gasteiger charge is -2.37. The molecule has 2 atom stereocenters. The first-order valence-electron chi connectivity index (χ1n) is 12.3. The van der Waals surface area contributed by atoms with E-state index in [1.165, 1.54) is 0 Å². The fourth-order valence-corrected chi connectivity index (χ4v) is 5.99. The summed E-state index contributed by atoms with van der Waals surface area (Å²) in [7, 11) is 1.57. The lowest BCUT2D eigenvalue weighted by atomic mass is 10.0. The predicted molar refractivity (Wildman–Crippen MR) is 148 cm³/mol. The summed E-state index contributed by atoms with van der Waals surface area (Å²) >= 11 is 13.4. The van der Waals surface area contributed by atoms with Crippen molar-refractivity contribution in [3.05, 3.63) is 38.6 Å². The quantitative estimate of drug-likeness (QED) is 0.372. The van der Waals surface area contributed by atoms with Crippen LogP contribution in [0.15, 0.2) is 12.3 Å². The van der Waals surface area contributed by atoms with Gasteiger partial charge in [-0.25, -0.2) is 19.7 Å². The zero-order chi connectivity index (χ0) is 27.7. The van der Waals surface area contributed by atoms with Crippen molar-refractivity contribution < 1.29 is 24.2 Å². The Hall–Kier alpha value is -2.97. The van der Waals surface area contributed by atoms with Crippen LogP contribution in [-0.2, 0) is 9.47 Å². The van der Waals surface area contributed by atoms with E-state index in [1.54, 1.807) is 26.3 Å². The molecule has 3 aromatic rings. The van der Waals surface area contributed by atoms with Crippen molar-refractivity contribution in [1.82, 2.24) is 25.3 Å². The summed E-state index contributed by atoms with van der Waals surface area (Å²) in [6, 6.07) is 1.49. The van der Waals surface area contributed by atoms with Crippen LogP contribution in [0.2, 0.25) is 10.0 Å². The van der Waals surface area contributed by atoms with E-state index in [-0.39, 0.29) is 45.2 Å². The number of thiazole rings is 1. The summed E-state index contributed by atoms with van der Waals surface area (Å²) in [6.07, 6.45) is 1.77. The number of aromatic nitrogens is 4. The number of halogens is 2. The molecule has 2 fully saturated rings. The molecule has 0 bridgehead atoms. The third-order valence-electron chi connectivity index (χ3n) is 6.73. The van der Waals surface area contributed by atoms with E-state index in [0.717, 1.165) is 11.3 Å². The number of aromatic carboxylic acids is 1. The number of piperidine rings is 1. The number of nitrogens with one attached hydrogen (secondary N) is 2. The van der Waals surface area contributed by atoms with Gasteiger partial charge in [0, 0.05) is 45.2 Å². The molecule has 1 amide bonds. The highest BCUT2D eigenvalue weighted by Crippen LogP contribution is 2.34. The lowest BCUT2D eigenvalue weighted by Crippen LogP contribution is -2.55. The van der Waals surface area contributed by atoms with Crippen LogP contribution < -0.4 is 15.1 Å². The minimum Gasteiger partial charge on any atom is -0.477 e. The Bertz CT molecular complexity index is 1380. The summed E-state index contributed by atoms with van der Waals surface area (Å²) < 4.78 is 11.1. The molecule has 2 saturated heterocycles. The highest BCUT2D eigenvalue weighted by Gasteiger charge is 2.34. The van der Waals surface area contributed by atoms with Crippen LogP contribution in [0.25, 0.3) is 11.5 Å². The molecular formula is C24H27Cl2N7O5S. The highest BCUT2D eigenvalue weighted by atomic mass is 35.5. The van der Waals surface area contributed by atoms with Gasteiger partial charge >= 0.3 is 5.97 Å². The standard InChI is InChI=1S/C24H27Cl2N7O5S/c1-12-16(25)17(26)18(28-12)22(34)29-13-4-6-33(11-14(13)37-2)24-31-19(20(39-24)23(35)36)21-27-5-3-15(30-21)32-7-9-38-10-8-32/h3,5,13-14,28H,4,6-11H2,1-2H3,(H,29,34)(H,35,36). The summed E-state index contributed by atoms with van der Waals surface area (Å²) in [6.45, 7) is 5.23. The number of morpholine rings is 1. The van der Waals surface area contributed by atoms with Gasteiger partial charge in [0.25, 0.3) is 5.91 Å². The maximum atomic E-state index is 12.9. The van der Waals surface area contributed by atoms with E-state index < -0.39 is 5.97 Å². The molecular weight excluding hydrogens is 569 g/mol. The highest BCUT2D eigenvalue weighted by molar-refractivity contribution is 7.17. The van der Waals surface area contributed by atoms with Crippen molar-refractivity contribution >= 4 is 57.4 Å². The number of carboxylic acid groups (broad SMARTS) is 1. The Morgan fingerprint density at radius 1 is 1.21 bits per heavy atom. The van der Waals surface area contributed by atoms with Gasteiger partial charge in [0.2, 0.25) is 0 Å². The van der Waals surface area contributed by atoms with E-state index in [9.17, 15) is 14.7 Å². The van der Waals surface area contributed by atoms with Gasteiger partial charge in [0.15, 0.2) is 11.0 Å². The average molecular weight is 596 g/mol. The summed E-state index contributed by atoms with van der Waals surface area (Å²) in [4.78, 5) is 45.6. The smallest absolute Gasteiger partial charge is 0.348 e. The van der Waals surface area contributed by atoms with Gasteiger partial charge in [0.05, 0.1) is 35.4 Å². The molecule has 208 valence electrons. The van der Waals surface area contributed by atoms with Gasteiger partial charge in [-0.15, -0.1) is 0 Å². The molecule has 12 nitrogen and oxygen atoms in total. The molecule has 5 rings (SSSR count). The number of H-pyrrole nitrogens is 1. The van der Waals surface area contributed by atoms with Crippen LogP contribution in [-0.4, -0.2) is 95.6 Å². The second kappa shape index (κ2) is 11.6. The molecule has 39 heavy (non-hydrogen) atoms. The predicted octanol–water partition coefficient (Wildman–Crippen LogP) is 3.10. The number of aromatic amines is 1. The summed E-state index contributed by atoms with van der Waals surface area (Å²) in [5, 5.41) is 13.9. The van der Waals surface area contributed by atoms with Crippen LogP contribution in [0, 0.1) is 6.92 Å². The number of hydrogen-bond acceptors (Lipinski definition) is 10. The second-order valence-corrected chi connectivity index (χ2v) is 10.9. The Kier molecular flexibility index (Phi) is 8.24. The Balaban J connectivity index is 1.34. The van der Waals surface area contributed by atoms with Crippen molar-refractivity contribution in [1.29, 1.82) is 0 Å². The maximum Gasteiger partial charge on any atom is 0.348 e. The summed E-state index contributed by atoms with van der Waals surface area (Å²) in [5.41, 5.74) is 1.03. The fraction of sp³-hybridized carbons (Fsp3) is 0.458. The molecule has 15 heteroatoms. The number of anilines is 2. The van der Waals surface area contributed by atoms with Crippen molar-refractivity contribution in [3.63, 3.8) is 0 Å². The zero-order valence-electron chi connectivity index (χ0n) is 21.2. The molecule has 0 aromatic carbocycles. The molecule has 0 spiro atoms. The third-order valence-corrected chi connectivity index (χ3v) is 8.78. The number of aryl methyl sites for hydroxylation is 1. The Labute approximate surface area is 238 Å². The minimum absolute atomic E-state index is 0.0576. The van der Waals surface area contributed by atoms with Crippen LogP contribution in [0.5, 0.6) is 0 Å². The molecule has 3 N–H and O–H groups in total. The Morgan fingerprint density at radius 3 is 2.64 bits per heavy atom. The first kappa shape index (κ1) is 27.6. The first-order chi connectivity index (χ1) is 18.8. The van der Waals surface area contributed by atoms with Gasteiger partial charge in [-0.3, -0.25) is 4.79 Å². The maximum absolute atomic E-state index is 12.9. The van der Waals surface area contributed by atoms with Crippen LogP contribution in [0.4, 0.5) is 10.9 Å². The lowest BCUT2D eigenvalue weighted by molar-refractivity contribution is 0.0540. The molecule has 2 aliphatic rings. The number of amides is 1. The monoisotopic (exact) mass is 595 g/mol. The van der Waals surface area contributed by atoms with Gasteiger partial charge < -0.3 is 34.7 Å². The number of rotatable bonds is 7. The number of methoxy groups -OCH3 is 1. The van der Waals surface area contributed by atoms with Crippen LogP contribution in [0.3, 0.4) is 0 Å². The molecule has 2 aliphatic heterocycles. The normalized spacial score (nSPS) is 19.8. The minimum atomic E-state index is -1.10. The molecule has 0 radical (unpaired) electrons. The van der Waals surface area contributed by atoms with E-state index >= 15 is 0 Å². The van der Waals surface area contributed by atoms with Gasteiger partial charge in [-0.1, -0.05) is 34.5 Å². The van der Waals surface area contributed by atoms with E-state index in [1.807, 2.05) is 4.90 Å². The van der Waals surface area contributed by atoms with Gasteiger partial charge in [0.1, 0.15) is 22.1 Å². The number of carbonyl (C=O) groups excluding carboxylic acids is 1. The number of carboxylic acids is 1. The topological polar surface area (TPSA) is 146 Å². The third kappa shape index (κ3) is 5.68. The van der Waals surface area contributed by atoms with Gasteiger partial charge in [-0.2, -0.15) is 0 Å². The fourth-order valence-electron chi connectivity index (χ4n) is 4.64. The average Bonchev–Trinajstić information content (AvgIpc) is 3.52. The van der Waals surface area contributed by atoms with E-state index in [2.05, 4.69) is 30.2 Å². The van der Waals surface area contributed by atoms with Crippen LogP contribution >= 0.6 is 34.5 Å². The largest absolute Gasteiger partial charge is 0.477 e. The molecule has 2 unspecified atom stereocenters. The molecule has 0 saturated carbocycles. The van der Waals surface area contributed by atoms with Crippen molar-refractivity contribution in [2.75, 3.05) is 56.3 Å². The molecule has 3 aromatic heterocycles. The summed E-state index contributed by atoms with van der Waals surface area (Å²) in [5.74, 6) is -0.529. The van der Waals surface area contributed by atoms with Crippen LogP contribution in [0.1, 0.15) is 32.3 Å². The number of ether oxygens (including phenoxy) is 2. The number of nitrogens with zero attached hydrogens (tertiary/aromatic N) is 5. The SMILES string of the molecule is COC1CN(c2nc(-c3nccc(N4CCOCC4)n3)c(C(=O)O)s2)CCC1NC(=O)c1[nH]c(C)c(Cl)c1Cl. The number of carbonyl (C=O) groups is 2. The second-order valence-electron chi connectivity index (χ2n) is 9.16. The zero-order valence-corrected chi connectivity index (χ0v) is 23.6. The number of hydrogen-bond donors (Lipinski definition) is 3. The van der Waals surface area contributed by atoms with E-state index in [0.29, 0.717) is 67.5 Å². The first-order valence-corrected chi connectivity index (χ1v) is 13.9. The van der Waals surface area contributed by atoms with Crippen molar-refractivity contribution in [2.24, 2.45) is 0 Å². The van der Waals surface area contributed by atoms with E-state index in [4.69, 9.17) is 32.7 Å². The molecule has 0 aliphatic carbocycles. The Morgan fingerprint density at radius 2 is 1.97 bits per heavy atom. The van der Waals surface area contributed by atoms with Crippen molar-refractivity contribution in [2.45, 2.75) is 25.5 Å². The van der Waals surface area contributed by atoms with Gasteiger partial charge in [-0.05, 0) is 19.4 Å². The molecule has 5 heterocycles.